The van der Waals surface area contributed by atoms with Crippen LogP contribution in [0.2, 0.25) is 0 Å². The zero-order valence-electron chi connectivity index (χ0n) is 20.9. The van der Waals surface area contributed by atoms with Gasteiger partial charge in [-0.1, -0.05) is 85.2 Å². The number of carbonyl (C=O) groups is 1. The van der Waals surface area contributed by atoms with Crippen LogP contribution >= 0.6 is 0 Å². The second-order valence-electron chi connectivity index (χ2n) is 10.5. The predicted octanol–water partition coefficient (Wildman–Crippen LogP) is 6.49. The van der Waals surface area contributed by atoms with Gasteiger partial charge in [-0.05, 0) is 52.0 Å². The van der Waals surface area contributed by atoms with Gasteiger partial charge in [-0.2, -0.15) is 0 Å². The van der Waals surface area contributed by atoms with Crippen LogP contribution in [-0.4, -0.2) is 24.3 Å². The van der Waals surface area contributed by atoms with Crippen molar-refractivity contribution in [2.75, 3.05) is 13.2 Å². The maximum Gasteiger partial charge on any atom is 0.306 e. The first-order chi connectivity index (χ1) is 14.9. The first-order valence-electron chi connectivity index (χ1n) is 11.7. The molecule has 0 aliphatic heterocycles. The van der Waals surface area contributed by atoms with Gasteiger partial charge in [0, 0.05) is 6.42 Å². The highest BCUT2D eigenvalue weighted by atomic mass is 16.6. The van der Waals surface area contributed by atoms with Gasteiger partial charge < -0.3 is 14.6 Å². The molecular weight excluding hydrogens is 400 g/mol. The van der Waals surface area contributed by atoms with Crippen molar-refractivity contribution >= 4 is 5.97 Å². The molecule has 2 aromatic carbocycles. The van der Waals surface area contributed by atoms with Crippen molar-refractivity contribution in [2.24, 2.45) is 0 Å². The molecule has 0 aromatic heterocycles. The van der Waals surface area contributed by atoms with Crippen molar-refractivity contribution in [3.05, 3.63) is 58.7 Å². The molecule has 0 bridgehead atoms. The maximum atomic E-state index is 12.3. The third kappa shape index (κ3) is 7.29. The summed E-state index contributed by atoms with van der Waals surface area (Å²) < 4.78 is 11.2. The molecule has 176 valence electrons. The first-order valence-corrected chi connectivity index (χ1v) is 11.7. The number of hydrogen-bond acceptors (Lipinski definition) is 4. The van der Waals surface area contributed by atoms with Gasteiger partial charge in [0.25, 0.3) is 0 Å². The Morgan fingerprint density at radius 2 is 1.50 bits per heavy atom. The Labute approximate surface area is 194 Å². The highest BCUT2D eigenvalue weighted by molar-refractivity contribution is 5.69. The predicted molar refractivity (Wildman–Crippen MR) is 131 cm³/mol. The van der Waals surface area contributed by atoms with Gasteiger partial charge in [0.05, 0.1) is 0 Å². The van der Waals surface area contributed by atoms with Crippen LogP contribution < -0.4 is 4.74 Å². The molecule has 0 spiro atoms. The minimum atomic E-state index is -0.238. The summed E-state index contributed by atoms with van der Waals surface area (Å²) in [7, 11) is 0. The van der Waals surface area contributed by atoms with Crippen LogP contribution in [0.3, 0.4) is 0 Å². The Bertz CT molecular complexity index is 865. The van der Waals surface area contributed by atoms with Gasteiger partial charge >= 0.3 is 5.97 Å². The van der Waals surface area contributed by atoms with E-state index in [9.17, 15) is 9.90 Å². The third-order valence-electron chi connectivity index (χ3n) is 5.50. The van der Waals surface area contributed by atoms with Gasteiger partial charge in [-0.15, -0.1) is 0 Å². The second-order valence-corrected chi connectivity index (χ2v) is 10.5. The Balaban J connectivity index is 1.94. The van der Waals surface area contributed by atoms with E-state index >= 15 is 0 Å². The number of hydrogen-bond donors (Lipinski definition) is 1. The molecule has 2 aromatic rings. The number of aryl methyl sites for hydroxylation is 2. The molecule has 2 rings (SSSR count). The molecule has 1 N–H and O–H groups in total. The Kier molecular flexibility index (Phi) is 8.77. The van der Waals surface area contributed by atoms with Crippen molar-refractivity contribution < 1.29 is 19.4 Å². The summed E-state index contributed by atoms with van der Waals surface area (Å²) in [6.45, 7) is 15.2. The van der Waals surface area contributed by atoms with Crippen molar-refractivity contribution in [1.29, 1.82) is 0 Å². The molecule has 4 heteroatoms. The van der Waals surface area contributed by atoms with Crippen LogP contribution in [0.15, 0.2) is 36.4 Å². The van der Waals surface area contributed by atoms with E-state index in [1.54, 1.807) is 0 Å². The standard InChI is InChI=1S/C28H40O4/c1-8-11-21-12-9-10-13-24(21)31-16-17-32-25(29)15-14-20-18-22(27(2,3)4)26(30)23(19-20)28(5,6)7/h9-10,12-13,18-19,30H,8,11,14-17H2,1-7H3. The lowest BCUT2D eigenvalue weighted by Crippen LogP contribution is -2.18. The zero-order chi connectivity index (χ0) is 23.9. The van der Waals surface area contributed by atoms with Crippen molar-refractivity contribution in [1.82, 2.24) is 0 Å². The third-order valence-corrected chi connectivity index (χ3v) is 5.50. The lowest BCUT2D eigenvalue weighted by atomic mass is 9.78. The number of esters is 1. The Morgan fingerprint density at radius 1 is 0.906 bits per heavy atom. The zero-order valence-corrected chi connectivity index (χ0v) is 20.9. The van der Waals surface area contributed by atoms with E-state index in [1.165, 1.54) is 5.56 Å². The van der Waals surface area contributed by atoms with Gasteiger partial charge in [-0.3, -0.25) is 4.79 Å². The largest absolute Gasteiger partial charge is 0.507 e. The summed E-state index contributed by atoms with van der Waals surface area (Å²) in [4.78, 5) is 12.3. The molecule has 0 heterocycles. The lowest BCUT2D eigenvalue weighted by Gasteiger charge is -2.28. The highest BCUT2D eigenvalue weighted by Crippen LogP contribution is 2.40. The SMILES string of the molecule is CCCc1ccccc1OCCOC(=O)CCc1cc(C(C)(C)C)c(O)c(C(C)(C)C)c1. The molecule has 4 nitrogen and oxygen atoms in total. The van der Waals surface area contributed by atoms with E-state index in [0.717, 1.165) is 35.3 Å². The molecule has 0 fully saturated rings. The summed E-state index contributed by atoms with van der Waals surface area (Å²) in [5.74, 6) is 0.980. The summed E-state index contributed by atoms with van der Waals surface area (Å²) in [5, 5.41) is 10.8. The van der Waals surface area contributed by atoms with Crippen molar-refractivity contribution in [3.8, 4) is 11.5 Å². The number of para-hydroxylation sites is 1. The summed E-state index contributed by atoms with van der Waals surface area (Å²) in [5.41, 5.74) is 3.66. The lowest BCUT2D eigenvalue weighted by molar-refractivity contribution is -0.144. The number of phenols is 1. The fourth-order valence-electron chi connectivity index (χ4n) is 3.73. The number of carbonyl (C=O) groups excluding carboxylic acids is 1. The minimum absolute atomic E-state index is 0.188. The summed E-state index contributed by atoms with van der Waals surface area (Å²) in [6.07, 6.45) is 2.89. The van der Waals surface area contributed by atoms with Gasteiger partial charge in [0.1, 0.15) is 24.7 Å². The minimum Gasteiger partial charge on any atom is -0.507 e. The molecule has 0 saturated carbocycles. The molecule has 0 saturated heterocycles. The smallest absolute Gasteiger partial charge is 0.306 e. The number of phenolic OH excluding ortho intramolecular Hbond substituents is 1. The maximum absolute atomic E-state index is 12.3. The van der Waals surface area contributed by atoms with Gasteiger partial charge in [0.15, 0.2) is 0 Å². The summed E-state index contributed by atoms with van der Waals surface area (Å²) >= 11 is 0. The highest BCUT2D eigenvalue weighted by Gasteiger charge is 2.26. The van der Waals surface area contributed by atoms with E-state index in [-0.39, 0.29) is 23.4 Å². The van der Waals surface area contributed by atoms with Crippen LogP contribution in [0.4, 0.5) is 0 Å². The van der Waals surface area contributed by atoms with E-state index in [2.05, 4.69) is 54.5 Å². The van der Waals surface area contributed by atoms with Gasteiger partial charge in [-0.25, -0.2) is 0 Å². The second kappa shape index (κ2) is 10.9. The molecule has 0 unspecified atom stereocenters. The van der Waals surface area contributed by atoms with Crippen LogP contribution in [-0.2, 0) is 33.2 Å². The Hall–Kier alpha value is -2.49. The van der Waals surface area contributed by atoms with Crippen molar-refractivity contribution in [2.45, 2.75) is 85.0 Å². The van der Waals surface area contributed by atoms with E-state index < -0.39 is 0 Å². The van der Waals surface area contributed by atoms with E-state index in [0.29, 0.717) is 25.2 Å². The first kappa shape index (κ1) is 25.8. The average molecular weight is 441 g/mol. The topological polar surface area (TPSA) is 55.8 Å². The van der Waals surface area contributed by atoms with Crippen LogP contribution in [0.1, 0.15) is 83.6 Å². The molecule has 32 heavy (non-hydrogen) atoms. The number of aromatic hydroxyl groups is 1. The number of benzene rings is 2. The van der Waals surface area contributed by atoms with Crippen LogP contribution in [0.25, 0.3) is 0 Å². The van der Waals surface area contributed by atoms with Crippen molar-refractivity contribution in [3.63, 3.8) is 0 Å². The molecule has 0 aliphatic carbocycles. The number of rotatable bonds is 9. The normalized spacial score (nSPS) is 12.0. The fraction of sp³-hybridized carbons (Fsp3) is 0.536. The van der Waals surface area contributed by atoms with Gasteiger partial charge in [0.2, 0.25) is 0 Å². The summed E-state index contributed by atoms with van der Waals surface area (Å²) in [6, 6.07) is 12.0. The average Bonchev–Trinajstić information content (AvgIpc) is 2.70. The molecular formula is C28H40O4. The molecule has 0 radical (unpaired) electrons. The van der Waals surface area contributed by atoms with Crippen LogP contribution in [0.5, 0.6) is 11.5 Å². The van der Waals surface area contributed by atoms with E-state index in [4.69, 9.17) is 9.47 Å². The molecule has 0 aliphatic rings. The van der Waals surface area contributed by atoms with Crippen LogP contribution in [0, 0.1) is 0 Å². The monoisotopic (exact) mass is 440 g/mol. The quantitative estimate of drug-likeness (QED) is 0.357. The van der Waals surface area contributed by atoms with E-state index in [1.807, 2.05) is 30.3 Å². The molecule has 0 amide bonds. The Morgan fingerprint density at radius 3 is 2.06 bits per heavy atom. The number of ether oxygens (including phenoxy) is 2. The fourth-order valence-corrected chi connectivity index (χ4v) is 3.73. The molecule has 0 atom stereocenters.